The van der Waals surface area contributed by atoms with Gasteiger partial charge in [-0.25, -0.2) is 14.0 Å². The molecule has 4 N–H and O–H groups in total. The van der Waals surface area contributed by atoms with Gasteiger partial charge in [0.15, 0.2) is 11.6 Å². The molecule has 146 heavy (non-hydrogen) atoms. The molecule has 32 nitrogen and oxygen atoms in total. The lowest BCUT2D eigenvalue weighted by Crippen LogP contribution is -2.55. The second-order valence-electron chi connectivity index (χ2n) is 41.9. The zero-order valence-electron chi connectivity index (χ0n) is 91.9. The number of carbonyl (C=O) groups excluding carboxylic acids is 14. The number of thioether (sulfide) groups is 2. The van der Waals surface area contributed by atoms with Gasteiger partial charge in [-0.3, -0.25) is 76.9 Å². The third-order valence-electron chi connectivity index (χ3n) is 30.0. The van der Waals surface area contributed by atoms with E-state index in [1.165, 1.54) is 72.3 Å². The SMILES string of the molecule is CC[C@H](C)[C@@H]([C@@H](CC(=O)N1CCC[C@H]1[C@H](OC)[C@@H](C)C(=O)N[C@@H](Cc1ccc(C)cc1)C(=O)O)OC)N(C)C(=O)[C@@H](CC(=O)[C@H](C(C)C)N(C)C(=O)CCCCCN1C(=O)CC(SCCCPC)C1=O)C(C)C.CC[C@H](C)[C@@H]([C@@H](CC(=O)N1CCC[C@H]1[C@H](OC)[C@@H](C)C(=O)N[C@@H](Cc1ccc(F)cc1)C(=O)O)OC)N(C)C(=O)[C@@H](CC(=O)[C@H](C(C)C)N(C)C(=O)CCCCCN1C(=O)CC(SCCCPC)C1=O)C(C)C. The molecule has 4 aliphatic heterocycles. The van der Waals surface area contributed by atoms with Crippen molar-refractivity contribution in [1.82, 2.24) is 49.8 Å². The highest BCUT2D eigenvalue weighted by atomic mass is 32.2. The van der Waals surface area contributed by atoms with Crippen LogP contribution in [0, 0.1) is 71.9 Å². The van der Waals surface area contributed by atoms with Crippen molar-refractivity contribution in [1.29, 1.82) is 0 Å². The number of unbranched alkanes of at least 4 members (excludes halogenated alkanes) is 4. The van der Waals surface area contributed by atoms with E-state index in [4.69, 9.17) is 18.9 Å². The molecule has 37 heteroatoms. The fourth-order valence-electron chi connectivity index (χ4n) is 21.0. The molecule has 4 saturated heterocycles. The van der Waals surface area contributed by atoms with Crippen molar-refractivity contribution < 1.29 is 110 Å². The molecule has 0 aliphatic carbocycles. The predicted molar refractivity (Wildman–Crippen MR) is 575 cm³/mol. The first-order chi connectivity index (χ1) is 69.1. The Bertz CT molecular complexity index is 4260. The smallest absolute Gasteiger partial charge is 0.326 e. The van der Waals surface area contributed by atoms with Gasteiger partial charge in [-0.2, -0.15) is 0 Å². The Morgan fingerprint density at radius 1 is 0.473 bits per heavy atom. The number of ether oxygens (including phenoxy) is 4. The maximum Gasteiger partial charge on any atom is 0.326 e. The highest BCUT2D eigenvalue weighted by Crippen LogP contribution is 2.37. The molecule has 4 aliphatic rings. The minimum atomic E-state index is -1.28. The van der Waals surface area contributed by atoms with Gasteiger partial charge in [0.1, 0.15) is 17.9 Å². The number of likely N-dealkylation sites (tertiary alicyclic amines) is 4. The van der Waals surface area contributed by atoms with E-state index < -0.39 is 126 Å². The summed E-state index contributed by atoms with van der Waals surface area (Å²) >= 11 is 3.14. The summed E-state index contributed by atoms with van der Waals surface area (Å²) in [5, 5.41) is 24.7. The molecule has 0 radical (unpaired) electrons. The first-order valence-electron chi connectivity index (χ1n) is 53.0. The number of nitrogens with zero attached hydrogens (tertiary/aromatic N) is 8. The Morgan fingerprint density at radius 3 is 1.13 bits per heavy atom. The minimum Gasteiger partial charge on any atom is -0.480 e. The van der Waals surface area contributed by atoms with E-state index in [-0.39, 0.29) is 181 Å². The lowest BCUT2D eigenvalue weighted by Gasteiger charge is -2.41. The number of ketones is 2. The maximum absolute atomic E-state index is 14.7. The number of hydrogen-bond acceptors (Lipinski definition) is 22. The number of benzene rings is 2. The zero-order valence-corrected chi connectivity index (χ0v) is 95.6. The molecule has 4 unspecified atom stereocenters. The van der Waals surface area contributed by atoms with E-state index in [0.717, 1.165) is 65.0 Å². The summed E-state index contributed by atoms with van der Waals surface area (Å²) in [4.78, 5) is 229. The second-order valence-corrected chi connectivity index (χ2v) is 46.9. The number of carboxylic acid groups (broad SMARTS) is 2. The van der Waals surface area contributed by atoms with Crippen LogP contribution in [0.2, 0.25) is 0 Å². The number of rotatable bonds is 66. The average Bonchev–Trinajstić information content (AvgIpc) is 1.47. The van der Waals surface area contributed by atoms with Crippen LogP contribution in [0.4, 0.5) is 4.39 Å². The van der Waals surface area contributed by atoms with Gasteiger partial charge in [-0.1, -0.05) is 165 Å². The van der Waals surface area contributed by atoms with Crippen LogP contribution < -0.4 is 10.6 Å². The number of imide groups is 2. The molecule has 4 fully saturated rings. The number of carbonyl (C=O) groups is 16. The summed E-state index contributed by atoms with van der Waals surface area (Å²) in [5.74, 6) is -8.78. The van der Waals surface area contributed by atoms with Gasteiger partial charge in [0.25, 0.3) is 0 Å². The Morgan fingerprint density at radius 2 is 0.822 bits per heavy atom. The van der Waals surface area contributed by atoms with Crippen LogP contribution >= 0.6 is 40.7 Å². The van der Waals surface area contributed by atoms with Gasteiger partial charge < -0.3 is 69.2 Å². The Hall–Kier alpha value is -7.91. The van der Waals surface area contributed by atoms with Crippen LogP contribution in [-0.4, -0.2) is 347 Å². The topological polar surface area (TPSA) is 400 Å². The molecule has 12 amide bonds. The number of carboxylic acids is 2. The molecular weight excluding hydrogens is 1950 g/mol. The number of Topliss-reactive ketones (excluding diaryl/α,β-unsaturated/α-hetero) is 2. The van der Waals surface area contributed by atoms with E-state index in [9.17, 15) is 91.3 Å². The second kappa shape index (κ2) is 64.7. The molecule has 0 aromatic heterocycles. The molecule has 4 heterocycles. The average molecular weight is 2120 g/mol. The van der Waals surface area contributed by atoms with Crippen LogP contribution in [0.15, 0.2) is 48.5 Å². The maximum atomic E-state index is 14.7. The van der Waals surface area contributed by atoms with E-state index >= 15 is 0 Å². The third kappa shape index (κ3) is 37.9. The van der Waals surface area contributed by atoms with Gasteiger partial charge in [-0.05, 0) is 167 Å². The fourth-order valence-corrected chi connectivity index (χ4v) is 24.8. The van der Waals surface area contributed by atoms with Gasteiger partial charge >= 0.3 is 11.9 Å². The number of halogens is 1. The number of hydrogen-bond donors (Lipinski definition) is 4. The monoisotopic (exact) mass is 2120 g/mol. The van der Waals surface area contributed by atoms with Crippen LogP contribution in [0.5, 0.6) is 0 Å². The van der Waals surface area contributed by atoms with E-state index in [0.29, 0.717) is 109 Å². The van der Waals surface area contributed by atoms with Gasteiger partial charge in [-0.15, -0.1) is 40.7 Å². The number of likely N-dealkylation sites (N-methyl/N-ethyl adjacent to an activating group) is 4. The fraction of sp³-hybridized carbons (Fsp3) is 0.743. The van der Waals surface area contributed by atoms with Gasteiger partial charge in [0, 0.05) is 146 Å². The molecule has 2 aromatic rings. The van der Waals surface area contributed by atoms with E-state index in [1.807, 2.05) is 114 Å². The van der Waals surface area contributed by atoms with E-state index in [2.05, 4.69) is 24.0 Å². The molecule has 2 aromatic carbocycles. The number of aliphatic carboxylic acids is 2. The summed E-state index contributed by atoms with van der Waals surface area (Å²) < 4.78 is 37.5. The summed E-state index contributed by atoms with van der Waals surface area (Å²) in [5.41, 5.74) is 2.35. The van der Waals surface area contributed by atoms with Crippen LogP contribution in [0.3, 0.4) is 0 Å². The first-order valence-corrected chi connectivity index (χ1v) is 58.5. The van der Waals surface area contributed by atoms with Crippen molar-refractivity contribution in [2.24, 2.45) is 59.2 Å². The standard InChI is InChI=1S/C55H90N5O11PS.C54H87FN5O11PS/c1-14-37(7)50(44(70-11)32-47(63)59-27-18-20-42(59)51(71-12)38(8)52(65)56-41(55(68)69)30-39-24-22-36(6)23-25-39)58(10)53(66)40(34(2)3)31-43(61)49(35(4)5)57(9)46(62)21-16-15-17-26-60-48(64)33-45(54(60)67)73-29-19-28-72-13;1-13-35(6)49(43(70-10)31-46(63)59-26-17-19-41(59)50(71-11)36(7)51(65)56-40(54(68)69)29-37-21-23-38(55)24-22-37)58(9)52(66)39(33(2)3)30-42(61)48(34(4)5)57(8)45(62)20-15-14-16-25-60-47(64)32-44(53(60)67)73-28-18-27-72-12/h22-25,34-35,37-38,40-42,44-45,49-51,72H,14-21,26-33H2,1-13H3,(H,56,65)(H,68,69);21-24,33-36,39-41,43-44,48-50,72H,13-20,25-32H2,1-12H3,(H,56,65)(H,68,69)/t37-,38+,40-,41-,42-,44+,45?,49-,50-,51+;35-,36+,39-,40-,41-,43+,44?,48-,49-,50+/m00/s1. The Labute approximate surface area is 881 Å². The van der Waals surface area contributed by atoms with Crippen LogP contribution in [0.1, 0.15) is 255 Å². The summed E-state index contributed by atoms with van der Waals surface area (Å²) in [6, 6.07) is 6.79. The van der Waals surface area contributed by atoms with Crippen molar-refractivity contribution in [3.05, 3.63) is 71.0 Å². The molecule has 0 saturated carbocycles. The highest BCUT2D eigenvalue weighted by Gasteiger charge is 2.49. The van der Waals surface area contributed by atoms with Crippen LogP contribution in [0.25, 0.3) is 0 Å². The zero-order chi connectivity index (χ0) is 109. The quantitative estimate of drug-likeness (QED) is 0.0271. The molecule has 0 spiro atoms. The summed E-state index contributed by atoms with van der Waals surface area (Å²) in [6.07, 6.45) is 9.25. The lowest BCUT2D eigenvalue weighted by molar-refractivity contribution is -0.150. The molecule has 0 bridgehead atoms. The van der Waals surface area contributed by atoms with Crippen molar-refractivity contribution in [2.75, 3.05) is 120 Å². The summed E-state index contributed by atoms with van der Waals surface area (Å²) in [6.45, 7) is 34.2. The summed E-state index contributed by atoms with van der Waals surface area (Å²) in [7, 11) is 14.4. The molecule has 824 valence electrons. The minimum absolute atomic E-state index is 0.0599. The number of aryl methyl sites for hydroxylation is 1. The third-order valence-corrected chi connectivity index (χ3v) is 34.3. The number of nitrogens with one attached hydrogen (secondary N) is 2. The molecule has 22 atom stereocenters. The molecular formula is C109H177FN10O22P2S2. The predicted octanol–water partition coefficient (Wildman–Crippen LogP) is 13.6. The van der Waals surface area contributed by atoms with Crippen molar-refractivity contribution in [3.63, 3.8) is 0 Å². The molecule has 6 rings (SSSR count). The van der Waals surface area contributed by atoms with E-state index in [1.54, 1.807) is 85.2 Å². The largest absolute Gasteiger partial charge is 0.480 e. The normalized spacial score (nSPS) is 19.5. The first kappa shape index (κ1) is 129. The Balaban J connectivity index is 0.000000514. The number of amides is 12. The van der Waals surface area contributed by atoms with Gasteiger partial charge in [0.05, 0.1) is 95.8 Å². The number of methoxy groups -OCH3 is 4. The van der Waals surface area contributed by atoms with Gasteiger partial charge in [0.2, 0.25) is 70.9 Å². The Kier molecular flexibility index (Phi) is 57.0. The van der Waals surface area contributed by atoms with Crippen molar-refractivity contribution in [2.45, 2.75) is 341 Å². The van der Waals surface area contributed by atoms with Crippen LogP contribution in [-0.2, 0) is 109 Å². The van der Waals surface area contributed by atoms with Crippen molar-refractivity contribution in [3.8, 4) is 0 Å². The highest BCUT2D eigenvalue weighted by molar-refractivity contribution is 8.00. The van der Waals surface area contributed by atoms with Crippen molar-refractivity contribution >= 4 is 135 Å². The lowest BCUT2D eigenvalue weighted by atomic mass is 9.83.